The minimum Gasteiger partial charge on any atom is -0.309 e. The standard InChI is InChI=1S/C17H28N4/c1-5-19-17(14-18,16-10-7-6-8-11-16)15-21(4)13-9-12-20(2)3/h6-8,10-11,19H,5,9,12-13,15H2,1-4H3. The Morgan fingerprint density at radius 3 is 2.33 bits per heavy atom. The van der Waals surface area contributed by atoms with Crippen molar-refractivity contribution in [3.63, 3.8) is 0 Å². The zero-order valence-corrected chi connectivity index (χ0v) is 13.8. The monoisotopic (exact) mass is 288 g/mol. The maximum Gasteiger partial charge on any atom is 0.145 e. The highest BCUT2D eigenvalue weighted by Crippen LogP contribution is 2.21. The van der Waals surface area contributed by atoms with Crippen LogP contribution in [0.2, 0.25) is 0 Å². The van der Waals surface area contributed by atoms with Gasteiger partial charge < -0.3 is 9.80 Å². The molecular weight excluding hydrogens is 260 g/mol. The minimum absolute atomic E-state index is 0.636. The van der Waals surface area contributed by atoms with Gasteiger partial charge in [-0.05, 0) is 52.8 Å². The molecule has 0 aliphatic rings. The Balaban J connectivity index is 2.77. The minimum atomic E-state index is -0.636. The van der Waals surface area contributed by atoms with Crippen LogP contribution in [0.5, 0.6) is 0 Å². The summed E-state index contributed by atoms with van der Waals surface area (Å²) >= 11 is 0. The average molecular weight is 288 g/mol. The summed E-state index contributed by atoms with van der Waals surface area (Å²) in [6.07, 6.45) is 1.10. The summed E-state index contributed by atoms with van der Waals surface area (Å²) in [5, 5.41) is 13.2. The number of likely N-dealkylation sites (N-methyl/N-ethyl adjacent to an activating group) is 2. The molecule has 4 heteroatoms. The lowest BCUT2D eigenvalue weighted by Gasteiger charge is -2.32. The maximum atomic E-state index is 9.78. The van der Waals surface area contributed by atoms with Crippen LogP contribution in [0.3, 0.4) is 0 Å². The number of nitrogens with one attached hydrogen (secondary N) is 1. The lowest BCUT2D eigenvalue weighted by molar-refractivity contribution is 0.239. The van der Waals surface area contributed by atoms with Crippen LogP contribution < -0.4 is 5.32 Å². The van der Waals surface area contributed by atoms with Crippen LogP contribution in [0.25, 0.3) is 0 Å². The quantitative estimate of drug-likeness (QED) is 0.753. The third-order valence-electron chi connectivity index (χ3n) is 3.59. The molecule has 1 unspecified atom stereocenters. The molecule has 1 atom stereocenters. The highest BCUT2D eigenvalue weighted by atomic mass is 15.2. The first-order valence-electron chi connectivity index (χ1n) is 7.59. The van der Waals surface area contributed by atoms with Crippen LogP contribution in [-0.4, -0.2) is 57.1 Å². The Hall–Kier alpha value is -1.41. The van der Waals surface area contributed by atoms with E-state index in [1.54, 1.807) is 0 Å². The van der Waals surface area contributed by atoms with E-state index in [1.807, 2.05) is 37.3 Å². The molecule has 116 valence electrons. The van der Waals surface area contributed by atoms with Gasteiger partial charge in [0.2, 0.25) is 0 Å². The summed E-state index contributed by atoms with van der Waals surface area (Å²) < 4.78 is 0. The first kappa shape index (κ1) is 17.6. The maximum absolute atomic E-state index is 9.78. The predicted molar refractivity (Wildman–Crippen MR) is 88.1 cm³/mol. The van der Waals surface area contributed by atoms with Crippen LogP contribution in [0.15, 0.2) is 30.3 Å². The fraction of sp³-hybridized carbons (Fsp3) is 0.588. The van der Waals surface area contributed by atoms with Gasteiger partial charge in [-0.1, -0.05) is 37.3 Å². The van der Waals surface area contributed by atoms with E-state index in [-0.39, 0.29) is 0 Å². The molecule has 1 aromatic rings. The second-order valence-corrected chi connectivity index (χ2v) is 5.81. The topological polar surface area (TPSA) is 42.3 Å². The number of nitriles is 1. The molecule has 1 rings (SSSR count). The summed E-state index contributed by atoms with van der Waals surface area (Å²) in [5.74, 6) is 0. The van der Waals surface area contributed by atoms with Crippen LogP contribution in [-0.2, 0) is 5.54 Å². The van der Waals surface area contributed by atoms with E-state index >= 15 is 0 Å². The van der Waals surface area contributed by atoms with Crippen molar-refractivity contribution in [1.29, 1.82) is 5.26 Å². The fourth-order valence-corrected chi connectivity index (χ4v) is 2.55. The van der Waals surface area contributed by atoms with Gasteiger partial charge >= 0.3 is 0 Å². The highest BCUT2D eigenvalue weighted by molar-refractivity contribution is 5.32. The SMILES string of the molecule is CCNC(C#N)(CN(C)CCCN(C)C)c1ccccc1. The van der Waals surface area contributed by atoms with Crippen molar-refractivity contribution in [1.82, 2.24) is 15.1 Å². The fourth-order valence-electron chi connectivity index (χ4n) is 2.55. The number of benzene rings is 1. The van der Waals surface area contributed by atoms with Crippen molar-refractivity contribution >= 4 is 0 Å². The second kappa shape index (κ2) is 8.78. The normalized spacial score (nSPS) is 14.1. The molecule has 0 saturated carbocycles. The molecule has 0 heterocycles. The molecule has 0 spiro atoms. The van der Waals surface area contributed by atoms with Gasteiger partial charge in [-0.3, -0.25) is 5.32 Å². The number of nitrogens with zero attached hydrogens (tertiary/aromatic N) is 3. The molecule has 0 radical (unpaired) electrons. The zero-order valence-electron chi connectivity index (χ0n) is 13.8. The average Bonchev–Trinajstić information content (AvgIpc) is 2.47. The Morgan fingerprint density at radius 1 is 1.14 bits per heavy atom. The van der Waals surface area contributed by atoms with Gasteiger partial charge in [-0.25, -0.2) is 0 Å². The van der Waals surface area contributed by atoms with Gasteiger partial charge in [0.05, 0.1) is 6.07 Å². The van der Waals surface area contributed by atoms with Crippen molar-refractivity contribution in [2.75, 3.05) is 47.3 Å². The molecule has 4 nitrogen and oxygen atoms in total. The molecular formula is C17H28N4. The first-order chi connectivity index (χ1) is 10.0. The second-order valence-electron chi connectivity index (χ2n) is 5.81. The summed E-state index contributed by atoms with van der Waals surface area (Å²) in [6, 6.07) is 12.5. The van der Waals surface area contributed by atoms with Gasteiger partial charge in [0, 0.05) is 6.54 Å². The highest BCUT2D eigenvalue weighted by Gasteiger charge is 2.32. The summed E-state index contributed by atoms with van der Waals surface area (Å²) in [6.45, 7) is 5.56. The van der Waals surface area contributed by atoms with Crippen molar-refractivity contribution in [2.45, 2.75) is 18.9 Å². The summed E-state index contributed by atoms with van der Waals surface area (Å²) in [5.41, 5.74) is 0.400. The molecule has 0 aliphatic carbocycles. The van der Waals surface area contributed by atoms with Crippen molar-refractivity contribution in [3.05, 3.63) is 35.9 Å². The van der Waals surface area contributed by atoms with E-state index in [0.29, 0.717) is 6.54 Å². The molecule has 0 aromatic heterocycles. The number of hydrogen-bond donors (Lipinski definition) is 1. The predicted octanol–water partition coefficient (Wildman–Crippen LogP) is 1.90. The van der Waals surface area contributed by atoms with Crippen LogP contribution in [0.1, 0.15) is 18.9 Å². The molecule has 1 N–H and O–H groups in total. The third kappa shape index (κ3) is 5.47. The van der Waals surface area contributed by atoms with E-state index in [0.717, 1.165) is 31.6 Å². The molecule has 0 amide bonds. The molecule has 21 heavy (non-hydrogen) atoms. The first-order valence-corrected chi connectivity index (χ1v) is 7.59. The van der Waals surface area contributed by atoms with Crippen molar-refractivity contribution < 1.29 is 0 Å². The third-order valence-corrected chi connectivity index (χ3v) is 3.59. The molecule has 1 aromatic carbocycles. The molecule has 0 fully saturated rings. The van der Waals surface area contributed by atoms with E-state index in [4.69, 9.17) is 0 Å². The Morgan fingerprint density at radius 2 is 1.81 bits per heavy atom. The Bertz CT molecular complexity index is 438. The van der Waals surface area contributed by atoms with Gasteiger partial charge in [0.15, 0.2) is 0 Å². The van der Waals surface area contributed by atoms with Gasteiger partial charge in [0.1, 0.15) is 5.54 Å². The largest absolute Gasteiger partial charge is 0.309 e. The van der Waals surface area contributed by atoms with E-state index in [9.17, 15) is 5.26 Å². The van der Waals surface area contributed by atoms with Crippen LogP contribution in [0, 0.1) is 11.3 Å². The number of rotatable bonds is 9. The van der Waals surface area contributed by atoms with Crippen molar-refractivity contribution in [2.24, 2.45) is 0 Å². The lowest BCUT2D eigenvalue weighted by Crippen LogP contribution is -2.49. The summed E-state index contributed by atoms with van der Waals surface area (Å²) in [4.78, 5) is 4.43. The van der Waals surface area contributed by atoms with E-state index < -0.39 is 5.54 Å². The summed E-state index contributed by atoms with van der Waals surface area (Å²) in [7, 11) is 6.26. The lowest BCUT2D eigenvalue weighted by atomic mass is 9.90. The van der Waals surface area contributed by atoms with E-state index in [1.165, 1.54) is 0 Å². The van der Waals surface area contributed by atoms with Gasteiger partial charge in [-0.2, -0.15) is 5.26 Å². The Labute approximate surface area is 129 Å². The number of hydrogen-bond acceptors (Lipinski definition) is 4. The molecule has 0 saturated heterocycles. The van der Waals surface area contributed by atoms with Crippen LogP contribution >= 0.6 is 0 Å². The smallest absolute Gasteiger partial charge is 0.145 e. The van der Waals surface area contributed by atoms with Gasteiger partial charge in [0.25, 0.3) is 0 Å². The van der Waals surface area contributed by atoms with Crippen LogP contribution in [0.4, 0.5) is 0 Å². The van der Waals surface area contributed by atoms with E-state index in [2.05, 4.69) is 42.3 Å². The van der Waals surface area contributed by atoms with Gasteiger partial charge in [-0.15, -0.1) is 0 Å². The Kier molecular flexibility index (Phi) is 7.38. The molecule has 0 aliphatic heterocycles. The molecule has 0 bridgehead atoms. The van der Waals surface area contributed by atoms with Crippen molar-refractivity contribution in [3.8, 4) is 6.07 Å². The zero-order chi connectivity index (χ0) is 15.7.